The summed E-state index contributed by atoms with van der Waals surface area (Å²) in [5.74, 6) is 0.729. The van der Waals surface area contributed by atoms with E-state index in [0.717, 1.165) is 28.2 Å². The number of benzene rings is 1. The Morgan fingerprint density at radius 3 is 2.29 bits per heavy atom. The minimum atomic E-state index is 0.729. The largest absolute Gasteiger partial charge is 0.260 e. The standard InChI is InChI=1S/C18H15N3/c1-13-6-8-15(9-7-13)18-20-11-17(12-21-18)16-5-3-4-14(2)19-10-16/h4-12H,1-2H3. The van der Waals surface area contributed by atoms with E-state index < -0.39 is 0 Å². The van der Waals surface area contributed by atoms with Gasteiger partial charge >= 0.3 is 0 Å². The van der Waals surface area contributed by atoms with Gasteiger partial charge in [0.2, 0.25) is 0 Å². The molecule has 0 fully saturated rings. The van der Waals surface area contributed by atoms with Crippen LogP contribution in [0.15, 0.2) is 65.7 Å². The molecule has 0 atom stereocenters. The summed E-state index contributed by atoms with van der Waals surface area (Å²) in [5, 5.41) is 0. The third-order valence-electron chi connectivity index (χ3n) is 3.23. The van der Waals surface area contributed by atoms with Crippen molar-refractivity contribution < 1.29 is 0 Å². The van der Waals surface area contributed by atoms with E-state index in [1.54, 1.807) is 0 Å². The van der Waals surface area contributed by atoms with E-state index in [-0.39, 0.29) is 0 Å². The van der Waals surface area contributed by atoms with Crippen LogP contribution in [0.2, 0.25) is 0 Å². The van der Waals surface area contributed by atoms with E-state index >= 15 is 0 Å². The lowest BCUT2D eigenvalue weighted by atomic mass is 10.1. The Bertz CT molecular complexity index is 772. The van der Waals surface area contributed by atoms with E-state index in [2.05, 4.69) is 39.7 Å². The van der Waals surface area contributed by atoms with Crippen LogP contribution in [0.3, 0.4) is 0 Å². The second kappa shape index (κ2) is 5.70. The normalized spacial score (nSPS) is 13.6. The zero-order valence-corrected chi connectivity index (χ0v) is 12.0. The molecule has 1 aliphatic heterocycles. The minimum absolute atomic E-state index is 0.729. The molecule has 21 heavy (non-hydrogen) atoms. The van der Waals surface area contributed by atoms with Crippen molar-refractivity contribution in [2.75, 3.05) is 0 Å². The Labute approximate surface area is 124 Å². The monoisotopic (exact) mass is 273 g/mol. The molecule has 0 amide bonds. The molecule has 3 nitrogen and oxygen atoms in total. The first-order valence-corrected chi connectivity index (χ1v) is 6.79. The van der Waals surface area contributed by atoms with E-state index in [4.69, 9.17) is 0 Å². The van der Waals surface area contributed by atoms with Gasteiger partial charge in [0.25, 0.3) is 0 Å². The number of hydrogen-bond acceptors (Lipinski definition) is 3. The van der Waals surface area contributed by atoms with Crippen molar-refractivity contribution in [1.29, 1.82) is 0 Å². The van der Waals surface area contributed by atoms with Crippen molar-refractivity contribution in [1.82, 2.24) is 9.97 Å². The smallest absolute Gasteiger partial charge is 0.159 e. The van der Waals surface area contributed by atoms with E-state index in [9.17, 15) is 0 Å². The average Bonchev–Trinajstić information content (AvgIpc) is 2.73. The number of hydrogen-bond donors (Lipinski definition) is 0. The fraction of sp³-hybridized carbons (Fsp3) is 0.111. The summed E-state index contributed by atoms with van der Waals surface area (Å²) in [7, 11) is 0. The van der Waals surface area contributed by atoms with Crippen LogP contribution in [0, 0.1) is 6.92 Å². The van der Waals surface area contributed by atoms with Gasteiger partial charge in [-0.1, -0.05) is 29.8 Å². The highest BCUT2D eigenvalue weighted by atomic mass is 14.9. The van der Waals surface area contributed by atoms with Crippen LogP contribution in [0.1, 0.15) is 18.1 Å². The maximum absolute atomic E-state index is 4.45. The summed E-state index contributed by atoms with van der Waals surface area (Å²) in [5.41, 5.74) is 8.16. The lowest BCUT2D eigenvalue weighted by Crippen LogP contribution is -1.91. The van der Waals surface area contributed by atoms with Gasteiger partial charge < -0.3 is 0 Å². The Morgan fingerprint density at radius 1 is 0.857 bits per heavy atom. The van der Waals surface area contributed by atoms with Crippen molar-refractivity contribution in [2.24, 2.45) is 4.99 Å². The van der Waals surface area contributed by atoms with Gasteiger partial charge in [-0.15, -0.1) is 5.73 Å². The zero-order chi connectivity index (χ0) is 14.7. The number of aryl methyl sites for hydroxylation is 1. The van der Waals surface area contributed by atoms with Gasteiger partial charge in [0, 0.05) is 47.1 Å². The summed E-state index contributed by atoms with van der Waals surface area (Å²) >= 11 is 0. The van der Waals surface area contributed by atoms with Gasteiger partial charge in [-0.25, -0.2) is 9.97 Å². The highest BCUT2D eigenvalue weighted by molar-refractivity contribution is 5.95. The molecule has 0 aliphatic carbocycles. The quantitative estimate of drug-likeness (QED) is 0.776. The van der Waals surface area contributed by atoms with E-state index in [0.29, 0.717) is 0 Å². The van der Waals surface area contributed by atoms with Crippen LogP contribution in [-0.2, 0) is 0 Å². The van der Waals surface area contributed by atoms with Crippen molar-refractivity contribution in [3.63, 3.8) is 0 Å². The molecule has 0 spiro atoms. The molecule has 0 N–H and O–H groups in total. The third-order valence-corrected chi connectivity index (χ3v) is 3.23. The summed E-state index contributed by atoms with van der Waals surface area (Å²) in [6.45, 7) is 4.01. The Hall–Kier alpha value is -2.77. The van der Waals surface area contributed by atoms with E-state index in [1.807, 2.05) is 49.8 Å². The maximum Gasteiger partial charge on any atom is 0.159 e. The zero-order valence-electron chi connectivity index (χ0n) is 12.0. The number of allylic oxidation sites excluding steroid dienone is 2. The molecule has 0 bridgehead atoms. The molecule has 1 aromatic heterocycles. The topological polar surface area (TPSA) is 38.1 Å². The highest BCUT2D eigenvalue weighted by Gasteiger charge is 2.04. The van der Waals surface area contributed by atoms with Crippen LogP contribution in [-0.4, -0.2) is 15.7 Å². The van der Waals surface area contributed by atoms with Gasteiger partial charge in [0.1, 0.15) is 0 Å². The summed E-state index contributed by atoms with van der Waals surface area (Å²) < 4.78 is 0. The summed E-state index contributed by atoms with van der Waals surface area (Å²) in [6.07, 6.45) is 9.20. The molecule has 0 unspecified atom stereocenters. The molecule has 102 valence electrons. The maximum atomic E-state index is 4.45. The minimum Gasteiger partial charge on any atom is -0.260 e. The number of aliphatic imine (C=N–C) groups is 1. The molecule has 0 saturated carbocycles. The third kappa shape index (κ3) is 3.04. The Kier molecular flexibility index (Phi) is 3.59. The molecule has 2 heterocycles. The number of nitrogens with zero attached hydrogens (tertiary/aromatic N) is 3. The highest BCUT2D eigenvalue weighted by Crippen LogP contribution is 2.19. The second-order valence-corrected chi connectivity index (χ2v) is 4.97. The molecular formula is C18H15N3. The Balaban J connectivity index is 1.91. The van der Waals surface area contributed by atoms with Crippen LogP contribution in [0.25, 0.3) is 17.0 Å². The predicted molar refractivity (Wildman–Crippen MR) is 85.9 cm³/mol. The average molecular weight is 273 g/mol. The molecule has 3 heteroatoms. The van der Waals surface area contributed by atoms with Crippen molar-refractivity contribution in [3.8, 4) is 11.4 Å². The summed E-state index contributed by atoms with van der Waals surface area (Å²) in [6, 6.07) is 8.19. The molecule has 1 aliphatic rings. The van der Waals surface area contributed by atoms with Crippen LogP contribution >= 0.6 is 0 Å². The fourth-order valence-electron chi connectivity index (χ4n) is 1.98. The van der Waals surface area contributed by atoms with Crippen molar-refractivity contribution in [3.05, 3.63) is 71.9 Å². The molecular weight excluding hydrogens is 258 g/mol. The first-order chi connectivity index (χ1) is 10.2. The van der Waals surface area contributed by atoms with Gasteiger partial charge in [-0.2, -0.15) is 0 Å². The number of aromatic nitrogens is 2. The van der Waals surface area contributed by atoms with Crippen molar-refractivity contribution in [2.45, 2.75) is 13.8 Å². The first kappa shape index (κ1) is 13.2. The Morgan fingerprint density at radius 2 is 1.57 bits per heavy atom. The predicted octanol–water partition coefficient (Wildman–Crippen LogP) is 3.98. The fourth-order valence-corrected chi connectivity index (χ4v) is 1.98. The molecule has 2 aromatic rings. The van der Waals surface area contributed by atoms with Gasteiger partial charge in [0.05, 0.1) is 0 Å². The van der Waals surface area contributed by atoms with Gasteiger partial charge in [0.15, 0.2) is 5.82 Å². The second-order valence-electron chi connectivity index (χ2n) is 4.97. The van der Waals surface area contributed by atoms with Crippen LogP contribution in [0.4, 0.5) is 0 Å². The van der Waals surface area contributed by atoms with Crippen LogP contribution in [0.5, 0.6) is 0 Å². The summed E-state index contributed by atoms with van der Waals surface area (Å²) in [4.78, 5) is 13.2. The first-order valence-electron chi connectivity index (χ1n) is 6.79. The van der Waals surface area contributed by atoms with Gasteiger partial charge in [-0.3, -0.25) is 4.99 Å². The molecule has 0 radical (unpaired) electrons. The van der Waals surface area contributed by atoms with Gasteiger partial charge in [-0.05, 0) is 19.9 Å². The lowest BCUT2D eigenvalue weighted by Gasteiger charge is -2.03. The SMILES string of the molecule is CC1=NC=C(c2cnc(-c3ccc(C)cc3)nc2)C=C=C1. The van der Waals surface area contributed by atoms with Crippen molar-refractivity contribution >= 4 is 11.3 Å². The van der Waals surface area contributed by atoms with E-state index in [1.165, 1.54) is 5.56 Å². The number of rotatable bonds is 2. The molecule has 1 aromatic carbocycles. The lowest BCUT2D eigenvalue weighted by molar-refractivity contribution is 1.16. The molecule has 0 saturated heterocycles. The van der Waals surface area contributed by atoms with Crippen LogP contribution < -0.4 is 0 Å². The molecule has 3 rings (SSSR count).